The van der Waals surface area contributed by atoms with Crippen LogP contribution in [-0.4, -0.2) is 31.1 Å². The van der Waals surface area contributed by atoms with Crippen LogP contribution in [0.25, 0.3) is 0 Å². The van der Waals surface area contributed by atoms with E-state index >= 15 is 0 Å². The van der Waals surface area contributed by atoms with Gasteiger partial charge in [0.05, 0.1) is 18.8 Å². The minimum absolute atomic E-state index is 0.587. The highest BCUT2D eigenvalue weighted by molar-refractivity contribution is 5.58. The number of aliphatic imine (C=N–C) groups is 1. The molecule has 0 bridgehead atoms. The van der Waals surface area contributed by atoms with Crippen molar-refractivity contribution in [2.45, 2.75) is 13.5 Å². The van der Waals surface area contributed by atoms with E-state index in [9.17, 15) is 0 Å². The molecular weight excluding hydrogens is 190 g/mol. The van der Waals surface area contributed by atoms with E-state index in [1.807, 2.05) is 25.1 Å². The molecule has 0 fully saturated rings. The van der Waals surface area contributed by atoms with Crippen LogP contribution in [0.4, 0.5) is 0 Å². The van der Waals surface area contributed by atoms with Gasteiger partial charge < -0.3 is 10.1 Å². The molecule has 0 atom stereocenters. The van der Waals surface area contributed by atoms with Gasteiger partial charge in [0.25, 0.3) is 0 Å². The van der Waals surface area contributed by atoms with Crippen molar-refractivity contribution in [3.05, 3.63) is 30.1 Å². The molecule has 15 heavy (non-hydrogen) atoms. The second-order valence-corrected chi connectivity index (χ2v) is 2.50. The third kappa shape index (κ3) is 7.52. The first-order chi connectivity index (χ1) is 7.43. The Morgan fingerprint density at radius 1 is 1.53 bits per heavy atom. The summed E-state index contributed by atoms with van der Waals surface area (Å²) < 4.78 is 5.10. The minimum atomic E-state index is 0.587. The van der Waals surface area contributed by atoms with Crippen molar-refractivity contribution in [1.29, 1.82) is 5.41 Å². The number of nitrogens with one attached hydrogen (secondary N) is 1. The van der Waals surface area contributed by atoms with Gasteiger partial charge in [0, 0.05) is 19.0 Å². The number of hydrogen-bond acceptors (Lipinski definition) is 4. The summed E-state index contributed by atoms with van der Waals surface area (Å²) in [6.45, 7) is 6.42. The molecule has 0 spiro atoms. The van der Waals surface area contributed by atoms with Crippen molar-refractivity contribution in [3.8, 4) is 0 Å². The molecule has 0 aliphatic heterocycles. The normalized spacial score (nSPS) is 9.67. The molecule has 0 amide bonds. The molecule has 0 aliphatic carbocycles. The fourth-order valence-corrected chi connectivity index (χ4v) is 0.873. The van der Waals surface area contributed by atoms with E-state index in [1.165, 1.54) is 0 Å². The molecule has 0 saturated heterocycles. The number of rotatable bonds is 5. The molecule has 1 rings (SSSR count). The Bertz CT molecular complexity index is 262. The number of ether oxygens (including phenoxy) is 1. The first-order valence-corrected chi connectivity index (χ1v) is 4.74. The van der Waals surface area contributed by atoms with Crippen molar-refractivity contribution in [2.75, 3.05) is 13.2 Å². The first-order valence-electron chi connectivity index (χ1n) is 4.74. The highest BCUT2D eigenvalue weighted by atomic mass is 16.5. The molecule has 0 unspecified atom stereocenters. The van der Waals surface area contributed by atoms with Gasteiger partial charge in [-0.25, -0.2) is 0 Å². The number of aromatic nitrogens is 1. The Morgan fingerprint density at radius 3 is 2.93 bits per heavy atom. The van der Waals surface area contributed by atoms with Crippen LogP contribution >= 0.6 is 0 Å². The van der Waals surface area contributed by atoms with Crippen LogP contribution in [0.3, 0.4) is 0 Å². The molecule has 0 aromatic carbocycles. The fourth-order valence-electron chi connectivity index (χ4n) is 0.873. The van der Waals surface area contributed by atoms with Gasteiger partial charge in [-0.15, -0.1) is 0 Å². The maximum atomic E-state index is 5.50. The van der Waals surface area contributed by atoms with E-state index < -0.39 is 0 Å². The zero-order valence-electron chi connectivity index (χ0n) is 9.02. The summed E-state index contributed by atoms with van der Waals surface area (Å²) in [4.78, 5) is 8.31. The Balaban J connectivity index is 0.000000921. The molecule has 0 radical (unpaired) electrons. The van der Waals surface area contributed by atoms with Crippen molar-refractivity contribution in [3.63, 3.8) is 0 Å². The number of pyridine rings is 1. The Morgan fingerprint density at radius 2 is 2.33 bits per heavy atom. The second kappa shape index (κ2) is 10.5. The van der Waals surface area contributed by atoms with Gasteiger partial charge in [0.1, 0.15) is 0 Å². The van der Waals surface area contributed by atoms with Crippen molar-refractivity contribution < 1.29 is 4.74 Å². The number of hydrogen-bond donors (Lipinski definition) is 1. The van der Waals surface area contributed by atoms with E-state index in [1.54, 1.807) is 12.4 Å². The van der Waals surface area contributed by atoms with Crippen LogP contribution in [0.1, 0.15) is 12.6 Å². The molecule has 1 heterocycles. The topological polar surface area (TPSA) is 58.3 Å². The molecular formula is C11H17N3O. The predicted octanol–water partition coefficient (Wildman–Crippen LogP) is 1.95. The van der Waals surface area contributed by atoms with Crippen LogP contribution in [0.5, 0.6) is 0 Å². The third-order valence-electron chi connectivity index (χ3n) is 1.51. The van der Waals surface area contributed by atoms with Gasteiger partial charge in [-0.05, 0) is 25.8 Å². The molecule has 0 saturated carbocycles. The first kappa shape index (κ1) is 13.5. The van der Waals surface area contributed by atoms with Gasteiger partial charge >= 0.3 is 0 Å². The van der Waals surface area contributed by atoms with Gasteiger partial charge in [0.2, 0.25) is 0 Å². The average molecular weight is 207 g/mol. The quantitative estimate of drug-likeness (QED) is 0.592. The van der Waals surface area contributed by atoms with E-state index in [0.717, 1.165) is 12.3 Å². The zero-order chi connectivity index (χ0) is 11.4. The minimum Gasteiger partial charge on any atom is -0.376 e. The van der Waals surface area contributed by atoms with Gasteiger partial charge in [-0.2, -0.15) is 0 Å². The van der Waals surface area contributed by atoms with Gasteiger partial charge in [-0.3, -0.25) is 9.98 Å². The number of nitrogens with zero attached hydrogens (tertiary/aromatic N) is 2. The molecule has 82 valence electrons. The summed E-state index contributed by atoms with van der Waals surface area (Å²) in [6.07, 6.45) is 3.55. The summed E-state index contributed by atoms with van der Waals surface area (Å²) in [7, 11) is 0. The fraction of sp³-hybridized carbons (Fsp3) is 0.364. The zero-order valence-corrected chi connectivity index (χ0v) is 9.02. The van der Waals surface area contributed by atoms with Gasteiger partial charge in [0.15, 0.2) is 0 Å². The lowest BCUT2D eigenvalue weighted by Gasteiger charge is -1.94. The van der Waals surface area contributed by atoms with E-state index in [2.05, 4.69) is 16.7 Å². The van der Waals surface area contributed by atoms with Crippen molar-refractivity contribution in [1.82, 2.24) is 4.98 Å². The largest absolute Gasteiger partial charge is 0.376 e. The second-order valence-electron chi connectivity index (χ2n) is 2.50. The molecule has 1 aromatic rings. The Labute approximate surface area is 90.5 Å². The summed E-state index contributed by atoms with van der Waals surface area (Å²) >= 11 is 0. The average Bonchev–Trinajstić information content (AvgIpc) is 2.33. The van der Waals surface area contributed by atoms with Crippen molar-refractivity contribution >= 4 is 12.9 Å². The monoisotopic (exact) mass is 207 g/mol. The van der Waals surface area contributed by atoms with Crippen LogP contribution < -0.4 is 0 Å². The lowest BCUT2D eigenvalue weighted by atomic mass is 10.3. The molecule has 4 nitrogen and oxygen atoms in total. The molecule has 1 N–H and O–H groups in total. The standard InChI is InChI=1S/C10H14N2O.CH3N/c1-2-13-8-7-11-9-10-5-3-4-6-12-10;1-2/h3-7H,2,8-9H2,1H3;2H,1H2. The molecule has 4 heteroatoms. The lowest BCUT2D eigenvalue weighted by Crippen LogP contribution is -1.94. The van der Waals surface area contributed by atoms with Crippen molar-refractivity contribution in [2.24, 2.45) is 4.99 Å². The van der Waals surface area contributed by atoms with E-state index in [0.29, 0.717) is 13.2 Å². The van der Waals surface area contributed by atoms with Gasteiger partial charge in [-0.1, -0.05) is 6.07 Å². The molecule has 1 aromatic heterocycles. The summed E-state index contributed by atoms with van der Waals surface area (Å²) in [6, 6.07) is 5.81. The molecule has 0 aliphatic rings. The third-order valence-corrected chi connectivity index (χ3v) is 1.51. The van der Waals surface area contributed by atoms with E-state index in [-0.39, 0.29) is 0 Å². The maximum Gasteiger partial charge on any atom is 0.0814 e. The lowest BCUT2D eigenvalue weighted by molar-refractivity contribution is 0.190. The van der Waals surface area contributed by atoms with Crippen LogP contribution in [0, 0.1) is 5.41 Å². The summed E-state index contributed by atoms with van der Waals surface area (Å²) in [5, 5.41) is 5.50. The Kier molecular flexibility index (Phi) is 9.44. The highest BCUT2D eigenvalue weighted by Gasteiger charge is 1.87. The SMILES string of the molecule is C=N.CCOCC=NCc1ccccn1. The van der Waals surface area contributed by atoms with Crippen LogP contribution in [0.15, 0.2) is 29.4 Å². The highest BCUT2D eigenvalue weighted by Crippen LogP contribution is 1.94. The maximum absolute atomic E-state index is 5.50. The summed E-state index contributed by atoms with van der Waals surface area (Å²) in [5.74, 6) is 0. The smallest absolute Gasteiger partial charge is 0.0814 e. The van der Waals surface area contributed by atoms with Crippen LogP contribution in [-0.2, 0) is 11.3 Å². The van der Waals surface area contributed by atoms with Crippen LogP contribution in [0.2, 0.25) is 0 Å². The summed E-state index contributed by atoms with van der Waals surface area (Å²) in [5.41, 5.74) is 0.982. The van der Waals surface area contributed by atoms with E-state index in [4.69, 9.17) is 10.1 Å². The Hall–Kier alpha value is -1.55. The predicted molar refractivity (Wildman–Crippen MR) is 62.8 cm³/mol.